The number of benzene rings is 1. The highest BCUT2D eigenvalue weighted by Crippen LogP contribution is 2.47. The molecular weight excluding hydrogens is 343 g/mol. The summed E-state index contributed by atoms with van der Waals surface area (Å²) in [6.07, 6.45) is 2.72. The largest absolute Gasteiger partial charge is 0.356 e. The highest BCUT2D eigenvalue weighted by Gasteiger charge is 2.44. The molecule has 1 aromatic rings. The first-order valence-corrected chi connectivity index (χ1v) is 10.2. The van der Waals surface area contributed by atoms with Gasteiger partial charge in [0, 0.05) is 32.1 Å². The summed E-state index contributed by atoms with van der Waals surface area (Å²) in [5.41, 5.74) is 1.00. The number of aliphatic imine (C=N–C) groups is 1. The monoisotopic (exact) mass is 370 g/mol. The molecule has 1 saturated carbocycles. The Morgan fingerprint density at radius 3 is 2.64 bits per heavy atom. The molecule has 2 rings (SSSR count). The average Bonchev–Trinajstić information content (AvgIpc) is 3.38. The van der Waals surface area contributed by atoms with Crippen molar-refractivity contribution in [1.82, 2.24) is 15.4 Å². The predicted octanol–water partition coefficient (Wildman–Crippen LogP) is 1.35. The summed E-state index contributed by atoms with van der Waals surface area (Å²) in [7, 11) is -1.44. The van der Waals surface area contributed by atoms with Crippen molar-refractivity contribution in [3.63, 3.8) is 0 Å². The SMILES string of the molecule is CCS(=O)(=O)NCCCNC(=NC)NCC1(c2cccc(F)c2)CC1. The number of hydrogen-bond donors (Lipinski definition) is 3. The topological polar surface area (TPSA) is 82.6 Å². The number of halogens is 1. The molecule has 0 aliphatic heterocycles. The number of hydrogen-bond acceptors (Lipinski definition) is 3. The summed E-state index contributed by atoms with van der Waals surface area (Å²) >= 11 is 0. The Morgan fingerprint density at radius 1 is 1.28 bits per heavy atom. The summed E-state index contributed by atoms with van der Waals surface area (Å²) in [5, 5.41) is 6.45. The van der Waals surface area contributed by atoms with Crippen LogP contribution in [0.3, 0.4) is 0 Å². The third kappa shape index (κ3) is 5.97. The molecule has 25 heavy (non-hydrogen) atoms. The number of rotatable bonds is 9. The van der Waals surface area contributed by atoms with Gasteiger partial charge in [0.25, 0.3) is 0 Å². The highest BCUT2D eigenvalue weighted by atomic mass is 32.2. The van der Waals surface area contributed by atoms with Crippen molar-refractivity contribution in [2.45, 2.75) is 31.6 Å². The first-order valence-electron chi connectivity index (χ1n) is 8.59. The molecule has 0 atom stereocenters. The Balaban J connectivity index is 1.74. The van der Waals surface area contributed by atoms with Gasteiger partial charge in [-0.05, 0) is 43.9 Å². The van der Waals surface area contributed by atoms with Crippen molar-refractivity contribution in [1.29, 1.82) is 0 Å². The zero-order chi connectivity index (χ0) is 18.3. The van der Waals surface area contributed by atoms with E-state index in [-0.39, 0.29) is 17.0 Å². The Kier molecular flexibility index (Phi) is 6.78. The van der Waals surface area contributed by atoms with Crippen LogP contribution in [0.15, 0.2) is 29.3 Å². The van der Waals surface area contributed by atoms with Gasteiger partial charge in [-0.1, -0.05) is 12.1 Å². The number of guanidine groups is 1. The van der Waals surface area contributed by atoms with Crippen LogP contribution in [0.4, 0.5) is 4.39 Å². The molecule has 1 fully saturated rings. The molecule has 6 nitrogen and oxygen atoms in total. The van der Waals surface area contributed by atoms with Crippen LogP contribution in [0.2, 0.25) is 0 Å². The lowest BCUT2D eigenvalue weighted by Gasteiger charge is -2.19. The lowest BCUT2D eigenvalue weighted by molar-refractivity contribution is 0.579. The van der Waals surface area contributed by atoms with Crippen LogP contribution in [-0.4, -0.2) is 46.8 Å². The van der Waals surface area contributed by atoms with E-state index in [1.54, 1.807) is 26.1 Å². The van der Waals surface area contributed by atoms with Crippen LogP contribution in [0.1, 0.15) is 31.7 Å². The van der Waals surface area contributed by atoms with Gasteiger partial charge in [0.05, 0.1) is 5.75 Å². The van der Waals surface area contributed by atoms with E-state index in [1.807, 2.05) is 6.07 Å². The maximum absolute atomic E-state index is 13.4. The van der Waals surface area contributed by atoms with E-state index in [0.29, 0.717) is 32.0 Å². The first-order chi connectivity index (χ1) is 11.9. The predicted molar refractivity (Wildman–Crippen MR) is 98.8 cm³/mol. The van der Waals surface area contributed by atoms with E-state index >= 15 is 0 Å². The van der Waals surface area contributed by atoms with E-state index in [1.165, 1.54) is 6.07 Å². The summed E-state index contributed by atoms with van der Waals surface area (Å²) in [6.45, 7) is 3.31. The van der Waals surface area contributed by atoms with Crippen molar-refractivity contribution in [3.05, 3.63) is 35.6 Å². The normalized spacial score (nSPS) is 16.5. The summed E-state index contributed by atoms with van der Waals surface area (Å²) < 4.78 is 38.6. The maximum atomic E-state index is 13.4. The van der Waals surface area contributed by atoms with Gasteiger partial charge >= 0.3 is 0 Å². The molecule has 0 unspecified atom stereocenters. The fraction of sp³-hybridized carbons (Fsp3) is 0.588. The molecule has 1 aliphatic carbocycles. The van der Waals surface area contributed by atoms with Gasteiger partial charge < -0.3 is 10.6 Å². The fourth-order valence-corrected chi connectivity index (χ4v) is 3.29. The van der Waals surface area contributed by atoms with E-state index in [4.69, 9.17) is 0 Å². The van der Waals surface area contributed by atoms with Gasteiger partial charge in [-0.2, -0.15) is 0 Å². The highest BCUT2D eigenvalue weighted by molar-refractivity contribution is 7.89. The second kappa shape index (κ2) is 8.62. The van der Waals surface area contributed by atoms with Crippen molar-refractivity contribution in [3.8, 4) is 0 Å². The lowest BCUT2D eigenvalue weighted by Crippen LogP contribution is -2.42. The van der Waals surface area contributed by atoms with Crippen molar-refractivity contribution in [2.24, 2.45) is 4.99 Å². The van der Waals surface area contributed by atoms with Crippen molar-refractivity contribution in [2.75, 3.05) is 32.4 Å². The second-order valence-electron chi connectivity index (χ2n) is 6.29. The van der Waals surface area contributed by atoms with Crippen LogP contribution in [-0.2, 0) is 15.4 Å². The zero-order valence-electron chi connectivity index (χ0n) is 14.8. The minimum absolute atomic E-state index is 0.0174. The minimum Gasteiger partial charge on any atom is -0.356 e. The van der Waals surface area contributed by atoms with Gasteiger partial charge in [0.1, 0.15) is 5.82 Å². The maximum Gasteiger partial charge on any atom is 0.211 e. The third-order valence-electron chi connectivity index (χ3n) is 4.46. The molecule has 1 aliphatic rings. The van der Waals surface area contributed by atoms with Crippen molar-refractivity contribution >= 4 is 16.0 Å². The van der Waals surface area contributed by atoms with Crippen LogP contribution < -0.4 is 15.4 Å². The van der Waals surface area contributed by atoms with Crippen LogP contribution in [0.25, 0.3) is 0 Å². The summed E-state index contributed by atoms with van der Waals surface area (Å²) in [4.78, 5) is 4.17. The molecule has 0 saturated heterocycles. The van der Waals surface area contributed by atoms with Crippen molar-refractivity contribution < 1.29 is 12.8 Å². The van der Waals surface area contributed by atoms with Crippen LogP contribution in [0, 0.1) is 5.82 Å². The molecule has 0 amide bonds. The Morgan fingerprint density at radius 2 is 2.04 bits per heavy atom. The smallest absolute Gasteiger partial charge is 0.211 e. The van der Waals surface area contributed by atoms with Gasteiger partial charge in [0.15, 0.2) is 5.96 Å². The van der Waals surface area contributed by atoms with E-state index in [9.17, 15) is 12.8 Å². The third-order valence-corrected chi connectivity index (χ3v) is 5.86. The molecule has 0 radical (unpaired) electrons. The molecular formula is C17H27FN4O2S. The summed E-state index contributed by atoms with van der Waals surface area (Å²) in [6, 6.07) is 6.77. The molecule has 0 heterocycles. The minimum atomic E-state index is -3.14. The molecule has 0 spiro atoms. The fourth-order valence-electron chi connectivity index (χ4n) is 2.64. The van der Waals surface area contributed by atoms with Crippen LogP contribution in [0.5, 0.6) is 0 Å². The quantitative estimate of drug-likeness (QED) is 0.348. The lowest BCUT2D eigenvalue weighted by atomic mass is 9.96. The first kappa shape index (κ1) is 19.7. The van der Waals surface area contributed by atoms with Crippen LogP contribution >= 0.6 is 0 Å². The Hall–Kier alpha value is -1.67. The Bertz CT molecular complexity index is 702. The molecule has 0 bridgehead atoms. The van der Waals surface area contributed by atoms with Gasteiger partial charge in [-0.3, -0.25) is 4.99 Å². The van der Waals surface area contributed by atoms with E-state index in [0.717, 1.165) is 18.4 Å². The number of nitrogens with one attached hydrogen (secondary N) is 3. The molecule has 8 heteroatoms. The van der Waals surface area contributed by atoms with Gasteiger partial charge in [-0.25, -0.2) is 17.5 Å². The molecule has 0 aromatic heterocycles. The number of sulfonamides is 1. The average molecular weight is 370 g/mol. The number of nitrogens with zero attached hydrogens (tertiary/aromatic N) is 1. The van der Waals surface area contributed by atoms with E-state index < -0.39 is 10.0 Å². The summed E-state index contributed by atoms with van der Waals surface area (Å²) in [5.74, 6) is 0.549. The Labute approximate surface area is 149 Å². The molecule has 1 aromatic carbocycles. The second-order valence-corrected chi connectivity index (χ2v) is 8.39. The molecule has 3 N–H and O–H groups in total. The molecule has 140 valence electrons. The van der Waals surface area contributed by atoms with Gasteiger partial charge in [0.2, 0.25) is 10.0 Å². The van der Waals surface area contributed by atoms with E-state index in [2.05, 4.69) is 20.3 Å². The van der Waals surface area contributed by atoms with Gasteiger partial charge in [-0.15, -0.1) is 0 Å². The standard InChI is InChI=1S/C17H27FN4O2S/c1-3-25(23,24)22-11-5-10-20-16(19-2)21-13-17(8-9-17)14-6-4-7-15(18)12-14/h4,6-7,12,22H,3,5,8-11,13H2,1-2H3,(H2,19,20,21). The zero-order valence-corrected chi connectivity index (χ0v) is 15.6.